The molecule has 3 heterocycles. The second-order valence-corrected chi connectivity index (χ2v) is 11.9. The van der Waals surface area contributed by atoms with Crippen molar-refractivity contribution in [3.8, 4) is 11.1 Å². The lowest BCUT2D eigenvalue weighted by molar-refractivity contribution is -0.160. The van der Waals surface area contributed by atoms with E-state index in [2.05, 4.69) is 64.3 Å². The summed E-state index contributed by atoms with van der Waals surface area (Å²) in [5.41, 5.74) is 9.20. The molecule has 0 spiro atoms. The van der Waals surface area contributed by atoms with Crippen molar-refractivity contribution in [3.05, 3.63) is 77.0 Å². The topological polar surface area (TPSA) is 72.5 Å². The molecule has 1 atom stereocenters. The molecule has 0 amide bonds. The van der Waals surface area contributed by atoms with E-state index in [0.717, 1.165) is 74.6 Å². The zero-order valence-electron chi connectivity index (χ0n) is 24.2. The van der Waals surface area contributed by atoms with E-state index in [0.29, 0.717) is 5.56 Å². The molecule has 0 unspecified atom stereocenters. The summed E-state index contributed by atoms with van der Waals surface area (Å²) in [5.74, 6) is -0.160. The van der Waals surface area contributed by atoms with E-state index in [1.54, 1.807) is 0 Å². The highest BCUT2D eigenvalue weighted by Crippen LogP contribution is 2.49. The Kier molecular flexibility index (Phi) is 6.04. The van der Waals surface area contributed by atoms with Crippen LogP contribution in [0.3, 0.4) is 0 Å². The van der Waals surface area contributed by atoms with Crippen LogP contribution in [0.4, 0.5) is 11.6 Å². The van der Waals surface area contributed by atoms with Gasteiger partial charge in [-0.15, -0.1) is 0 Å². The van der Waals surface area contributed by atoms with Crippen LogP contribution in [-0.2, 0) is 23.1 Å². The van der Waals surface area contributed by atoms with Gasteiger partial charge in [0.25, 0.3) is 0 Å². The molecule has 0 fully saturated rings. The summed E-state index contributed by atoms with van der Waals surface area (Å²) < 4.78 is 10.8. The first kappa shape index (κ1) is 26.1. The fourth-order valence-electron chi connectivity index (χ4n) is 6.21. The zero-order valence-corrected chi connectivity index (χ0v) is 24.2. The van der Waals surface area contributed by atoms with Gasteiger partial charge < -0.3 is 23.9 Å². The quantitative estimate of drug-likeness (QED) is 0.257. The average molecular weight is 537 g/mol. The Bertz CT molecular complexity index is 1790. The number of carbonyl (C=O) groups is 1. The van der Waals surface area contributed by atoms with Crippen molar-refractivity contribution < 1.29 is 14.6 Å². The van der Waals surface area contributed by atoms with Gasteiger partial charge in [0.05, 0.1) is 27.8 Å². The number of imidazole rings is 1. The second kappa shape index (κ2) is 9.24. The molecule has 3 aromatic carbocycles. The van der Waals surface area contributed by atoms with Gasteiger partial charge in [0.15, 0.2) is 6.10 Å². The highest BCUT2D eigenvalue weighted by atomic mass is 16.5. The largest absolute Gasteiger partial charge is 0.479 e. The van der Waals surface area contributed by atoms with Crippen LogP contribution < -0.4 is 4.90 Å². The molecule has 1 aliphatic rings. The van der Waals surface area contributed by atoms with Gasteiger partial charge in [-0.2, -0.15) is 0 Å². The normalized spacial score (nSPS) is 14.3. The van der Waals surface area contributed by atoms with Gasteiger partial charge in [-0.1, -0.05) is 42.0 Å². The Labute approximate surface area is 234 Å². The van der Waals surface area contributed by atoms with E-state index in [-0.39, 0.29) is 0 Å². The molecule has 7 heteroatoms. The van der Waals surface area contributed by atoms with Crippen LogP contribution in [0.5, 0.6) is 0 Å². The third-order valence-electron chi connectivity index (χ3n) is 7.95. The maximum atomic E-state index is 13.0. The number of carboxylic acid groups (broad SMARTS) is 1. The lowest BCUT2D eigenvalue weighted by Crippen LogP contribution is -2.32. The third kappa shape index (κ3) is 4.07. The first-order valence-electron chi connectivity index (χ1n) is 13.8. The standard InChI is InChI=1S/C33H36N4O3/c1-19-12-14-22(15-13-19)27-23-18-20(2)36-16-17-37(32-34-24-10-8-9-11-25(24)35(32)7)28(29(23)36)21(3)26(27)30(31(38)39)40-33(4,5)6/h8-15,18,30H,16-17H2,1-7H3,(H,38,39)/t30-/m0/s1. The summed E-state index contributed by atoms with van der Waals surface area (Å²) in [5, 5.41) is 11.6. The van der Waals surface area contributed by atoms with Crippen molar-refractivity contribution in [1.82, 2.24) is 14.1 Å². The van der Waals surface area contributed by atoms with Crippen LogP contribution >= 0.6 is 0 Å². The molecule has 40 heavy (non-hydrogen) atoms. The summed E-state index contributed by atoms with van der Waals surface area (Å²) in [6, 6.07) is 18.7. The van der Waals surface area contributed by atoms with E-state index in [9.17, 15) is 9.90 Å². The van der Waals surface area contributed by atoms with E-state index in [4.69, 9.17) is 9.72 Å². The Morgan fingerprint density at radius 1 is 1.02 bits per heavy atom. The number of para-hydroxylation sites is 2. The molecule has 0 bridgehead atoms. The number of aryl methyl sites for hydroxylation is 3. The number of benzene rings is 3. The fraction of sp³-hybridized carbons (Fsp3) is 0.333. The van der Waals surface area contributed by atoms with Crippen LogP contribution in [0.15, 0.2) is 54.6 Å². The second-order valence-electron chi connectivity index (χ2n) is 11.9. The van der Waals surface area contributed by atoms with Crippen molar-refractivity contribution in [2.24, 2.45) is 7.05 Å². The first-order valence-corrected chi connectivity index (χ1v) is 13.8. The summed E-state index contributed by atoms with van der Waals surface area (Å²) in [6.45, 7) is 13.5. The number of hydrogen-bond donors (Lipinski definition) is 1. The lowest BCUT2D eigenvalue weighted by atomic mass is 9.87. The van der Waals surface area contributed by atoms with Gasteiger partial charge >= 0.3 is 5.97 Å². The minimum absolute atomic E-state index is 0.662. The van der Waals surface area contributed by atoms with Crippen molar-refractivity contribution >= 4 is 39.5 Å². The summed E-state index contributed by atoms with van der Waals surface area (Å²) >= 11 is 0. The molecule has 0 radical (unpaired) electrons. The maximum absolute atomic E-state index is 13.0. The zero-order chi connectivity index (χ0) is 28.5. The minimum Gasteiger partial charge on any atom is -0.479 e. The molecule has 0 saturated carbocycles. The van der Waals surface area contributed by atoms with E-state index < -0.39 is 17.7 Å². The predicted octanol–water partition coefficient (Wildman–Crippen LogP) is 7.21. The third-order valence-corrected chi connectivity index (χ3v) is 7.95. The molecular formula is C33H36N4O3. The fourth-order valence-corrected chi connectivity index (χ4v) is 6.21. The molecule has 0 aliphatic carbocycles. The first-order chi connectivity index (χ1) is 19.0. The van der Waals surface area contributed by atoms with Gasteiger partial charge in [-0.3, -0.25) is 0 Å². The van der Waals surface area contributed by atoms with E-state index >= 15 is 0 Å². The monoisotopic (exact) mass is 536 g/mol. The predicted molar refractivity (Wildman–Crippen MR) is 161 cm³/mol. The number of carboxylic acids is 1. The molecule has 1 aliphatic heterocycles. The number of hydrogen-bond acceptors (Lipinski definition) is 4. The minimum atomic E-state index is -1.15. The van der Waals surface area contributed by atoms with Crippen LogP contribution in [0.25, 0.3) is 33.1 Å². The summed E-state index contributed by atoms with van der Waals surface area (Å²) in [7, 11) is 2.04. The summed E-state index contributed by atoms with van der Waals surface area (Å²) in [4.78, 5) is 20.2. The Hall–Kier alpha value is -4.10. The molecular weight excluding hydrogens is 500 g/mol. The molecule has 7 nitrogen and oxygen atoms in total. The average Bonchev–Trinajstić information content (AvgIpc) is 3.41. The number of rotatable bonds is 5. The lowest BCUT2D eigenvalue weighted by Gasteiger charge is -2.35. The van der Waals surface area contributed by atoms with Gasteiger partial charge in [-0.25, -0.2) is 9.78 Å². The molecule has 206 valence electrons. The highest BCUT2D eigenvalue weighted by molar-refractivity contribution is 6.08. The van der Waals surface area contributed by atoms with Crippen molar-refractivity contribution in [1.29, 1.82) is 0 Å². The highest BCUT2D eigenvalue weighted by Gasteiger charge is 2.37. The Balaban J connectivity index is 1.73. The van der Waals surface area contributed by atoms with Crippen molar-refractivity contribution in [2.45, 2.75) is 59.8 Å². The van der Waals surface area contributed by atoms with Gasteiger partial charge in [0, 0.05) is 36.8 Å². The number of nitrogens with zero attached hydrogens (tertiary/aromatic N) is 4. The van der Waals surface area contributed by atoms with Gasteiger partial charge in [0.2, 0.25) is 5.95 Å². The van der Waals surface area contributed by atoms with Gasteiger partial charge in [-0.05, 0) is 76.4 Å². The van der Waals surface area contributed by atoms with Crippen LogP contribution in [0.2, 0.25) is 0 Å². The van der Waals surface area contributed by atoms with E-state index in [1.807, 2.05) is 52.9 Å². The SMILES string of the molecule is Cc1ccc(-c2c([C@H](OC(C)(C)C)C(=O)O)c(C)c3c4c2cc(C)n4CCN3c2nc3ccccc3n2C)cc1. The van der Waals surface area contributed by atoms with E-state index in [1.165, 1.54) is 0 Å². The van der Waals surface area contributed by atoms with Crippen molar-refractivity contribution in [3.63, 3.8) is 0 Å². The smallest absolute Gasteiger partial charge is 0.337 e. The molecule has 0 saturated heterocycles. The number of aliphatic carboxylic acids is 1. The molecule has 5 aromatic rings. The summed E-state index contributed by atoms with van der Waals surface area (Å²) in [6.07, 6.45) is -1.15. The number of aromatic nitrogens is 3. The number of ether oxygens (including phenoxy) is 1. The number of anilines is 2. The van der Waals surface area contributed by atoms with Crippen LogP contribution in [0, 0.1) is 20.8 Å². The number of fused-ring (bicyclic) bond motifs is 1. The molecule has 1 N–H and O–H groups in total. The maximum Gasteiger partial charge on any atom is 0.337 e. The van der Waals surface area contributed by atoms with Crippen LogP contribution in [0.1, 0.15) is 49.3 Å². The molecule has 6 rings (SSSR count). The molecule has 2 aromatic heterocycles. The Morgan fingerprint density at radius 2 is 1.73 bits per heavy atom. The Morgan fingerprint density at radius 3 is 2.38 bits per heavy atom. The van der Waals surface area contributed by atoms with Crippen LogP contribution in [-0.4, -0.2) is 37.3 Å². The van der Waals surface area contributed by atoms with Crippen molar-refractivity contribution in [2.75, 3.05) is 11.4 Å². The van der Waals surface area contributed by atoms with Gasteiger partial charge in [0.1, 0.15) is 0 Å².